The molecule has 3 aromatic carbocycles. The molecule has 4 rings (SSSR count). The van der Waals surface area contributed by atoms with E-state index in [0.29, 0.717) is 18.5 Å². The summed E-state index contributed by atoms with van der Waals surface area (Å²) in [4.78, 5) is 14.9. The molecule has 3 aromatic rings. The van der Waals surface area contributed by atoms with E-state index in [1.54, 1.807) is 17.0 Å². The molecule has 1 heterocycles. The lowest BCUT2D eigenvalue weighted by Gasteiger charge is -2.44. The van der Waals surface area contributed by atoms with Crippen LogP contribution in [0, 0.1) is 11.6 Å². The first-order chi connectivity index (χ1) is 18.0. The number of nitrogens with zero attached hydrogens (tertiary/aromatic N) is 1. The van der Waals surface area contributed by atoms with Crippen molar-refractivity contribution < 1.29 is 31.8 Å². The Balaban J connectivity index is 1.51. The summed E-state index contributed by atoms with van der Waals surface area (Å²) in [5.74, 6) is -0.761. The highest BCUT2D eigenvalue weighted by molar-refractivity contribution is 7.88. The van der Waals surface area contributed by atoms with Gasteiger partial charge in [0.15, 0.2) is 0 Å². The van der Waals surface area contributed by atoms with Crippen molar-refractivity contribution in [1.82, 2.24) is 9.62 Å². The number of cyclic esters (lactones) is 1. The van der Waals surface area contributed by atoms with Crippen LogP contribution in [0.2, 0.25) is 0 Å². The molecule has 2 N–H and O–H groups in total. The minimum atomic E-state index is -3.53. The van der Waals surface area contributed by atoms with Gasteiger partial charge in [-0.15, -0.1) is 0 Å². The van der Waals surface area contributed by atoms with Gasteiger partial charge < -0.3 is 14.7 Å². The van der Waals surface area contributed by atoms with E-state index in [2.05, 4.69) is 4.72 Å². The van der Waals surface area contributed by atoms with Crippen molar-refractivity contribution in [2.75, 3.05) is 19.3 Å². The van der Waals surface area contributed by atoms with Crippen LogP contribution < -0.4 is 4.72 Å². The van der Waals surface area contributed by atoms with Gasteiger partial charge in [0, 0.05) is 25.9 Å². The molecule has 1 aliphatic heterocycles. The fourth-order valence-electron chi connectivity index (χ4n) is 4.72. The number of aliphatic hydroxyl groups is 1. The molecule has 0 saturated carbocycles. The summed E-state index contributed by atoms with van der Waals surface area (Å²) >= 11 is 0. The summed E-state index contributed by atoms with van der Waals surface area (Å²) in [6.45, 7) is 1.92. The largest absolute Gasteiger partial charge is 0.438 e. The molecular formula is C28H30F2N2O5S. The number of aliphatic hydroxyl groups excluding tert-OH is 1. The van der Waals surface area contributed by atoms with Crippen LogP contribution in [-0.2, 0) is 20.4 Å². The summed E-state index contributed by atoms with van der Waals surface area (Å²) < 4.78 is 58.0. The van der Waals surface area contributed by atoms with E-state index >= 15 is 0 Å². The first kappa shape index (κ1) is 27.7. The Morgan fingerprint density at radius 3 is 2.03 bits per heavy atom. The first-order valence-electron chi connectivity index (χ1n) is 12.2. The zero-order valence-corrected chi connectivity index (χ0v) is 21.9. The Morgan fingerprint density at radius 2 is 1.50 bits per heavy atom. The van der Waals surface area contributed by atoms with E-state index in [4.69, 9.17) is 4.74 Å². The van der Waals surface area contributed by atoms with Crippen LogP contribution in [0.4, 0.5) is 13.6 Å². The molecule has 7 nitrogen and oxygen atoms in total. The summed E-state index contributed by atoms with van der Waals surface area (Å²) in [6, 6.07) is 19.0. The molecule has 0 aromatic heterocycles. The van der Waals surface area contributed by atoms with Crippen molar-refractivity contribution in [2.24, 2.45) is 0 Å². The van der Waals surface area contributed by atoms with Crippen LogP contribution in [0.1, 0.15) is 36.9 Å². The summed E-state index contributed by atoms with van der Waals surface area (Å²) in [6.07, 6.45) is -0.522. The second-order valence-corrected chi connectivity index (χ2v) is 11.4. The molecule has 2 unspecified atom stereocenters. The summed E-state index contributed by atoms with van der Waals surface area (Å²) in [5.41, 5.74) is 1.91. The van der Waals surface area contributed by atoms with Gasteiger partial charge in [-0.3, -0.25) is 0 Å². The number of sulfonamides is 1. The SMILES string of the molecule is C[C@@H](c1ccc(-c2ccc(F)cc2)cc1)N1CCC(CC(O)CNS(C)(=O)=O)(c2ccc(F)cc2)OC1=O. The van der Waals surface area contributed by atoms with Crippen LogP contribution in [0.25, 0.3) is 11.1 Å². The van der Waals surface area contributed by atoms with Gasteiger partial charge in [-0.2, -0.15) is 0 Å². The van der Waals surface area contributed by atoms with Crippen LogP contribution in [0.3, 0.4) is 0 Å². The molecule has 0 aliphatic carbocycles. The molecule has 3 atom stereocenters. The second kappa shape index (κ2) is 11.2. The normalized spacial score (nSPS) is 19.6. The van der Waals surface area contributed by atoms with Gasteiger partial charge in [0.25, 0.3) is 0 Å². The lowest BCUT2D eigenvalue weighted by molar-refractivity contribution is -0.0829. The standard InChI is InChI=1S/C28H30F2N2O5S/c1-19(20-3-5-21(6-4-20)22-7-11-24(29)12-8-22)32-16-15-28(37-27(32)34,23-9-13-25(30)14-10-23)17-26(33)18-31-38(2,35)36/h3-14,19,26,31,33H,15-18H2,1-2H3/t19-,26?,28?/m0/s1. The fourth-order valence-corrected chi connectivity index (χ4v) is 5.21. The Bertz CT molecular complexity index is 1370. The monoisotopic (exact) mass is 544 g/mol. The fraction of sp³-hybridized carbons (Fsp3) is 0.321. The molecule has 0 spiro atoms. The number of hydrogen-bond donors (Lipinski definition) is 2. The molecule has 1 fully saturated rings. The smallest absolute Gasteiger partial charge is 0.411 e. The number of amides is 1. The van der Waals surface area contributed by atoms with Crippen molar-refractivity contribution in [3.8, 4) is 11.1 Å². The van der Waals surface area contributed by atoms with E-state index in [-0.39, 0.29) is 24.8 Å². The minimum Gasteiger partial charge on any atom is -0.438 e. The van der Waals surface area contributed by atoms with Crippen molar-refractivity contribution in [3.63, 3.8) is 0 Å². The van der Waals surface area contributed by atoms with E-state index in [1.807, 2.05) is 31.2 Å². The van der Waals surface area contributed by atoms with E-state index in [9.17, 15) is 27.1 Å². The van der Waals surface area contributed by atoms with E-state index in [0.717, 1.165) is 22.9 Å². The maximum absolute atomic E-state index is 13.6. The lowest BCUT2D eigenvalue weighted by Crippen LogP contribution is -2.50. The van der Waals surface area contributed by atoms with Crippen molar-refractivity contribution in [3.05, 3.63) is 95.6 Å². The van der Waals surface area contributed by atoms with Gasteiger partial charge in [0.2, 0.25) is 10.0 Å². The molecule has 38 heavy (non-hydrogen) atoms. The Labute approximate surface area is 221 Å². The number of carbonyl (C=O) groups is 1. The maximum atomic E-state index is 13.6. The summed E-state index contributed by atoms with van der Waals surface area (Å²) in [7, 11) is -3.53. The number of carbonyl (C=O) groups excluding carboxylic acids is 1. The third-order valence-electron chi connectivity index (χ3n) is 6.83. The van der Waals surface area contributed by atoms with Gasteiger partial charge in [0.1, 0.15) is 17.2 Å². The van der Waals surface area contributed by atoms with E-state index in [1.165, 1.54) is 36.4 Å². The molecule has 10 heteroatoms. The highest BCUT2D eigenvalue weighted by Gasteiger charge is 2.45. The lowest BCUT2D eigenvalue weighted by atomic mass is 9.83. The second-order valence-electron chi connectivity index (χ2n) is 9.60. The van der Waals surface area contributed by atoms with Crippen LogP contribution >= 0.6 is 0 Å². The molecule has 1 amide bonds. The average molecular weight is 545 g/mol. The highest BCUT2D eigenvalue weighted by Crippen LogP contribution is 2.40. The van der Waals surface area contributed by atoms with Crippen molar-refractivity contribution in [1.29, 1.82) is 0 Å². The first-order valence-corrected chi connectivity index (χ1v) is 14.1. The van der Waals surface area contributed by atoms with Gasteiger partial charge in [-0.25, -0.2) is 26.7 Å². The topological polar surface area (TPSA) is 95.9 Å². The molecule has 1 aliphatic rings. The zero-order valence-electron chi connectivity index (χ0n) is 21.1. The third kappa shape index (κ3) is 6.56. The Kier molecular flexibility index (Phi) is 8.15. The molecule has 0 radical (unpaired) electrons. The molecule has 0 bridgehead atoms. The van der Waals surface area contributed by atoms with Gasteiger partial charge in [-0.05, 0) is 53.4 Å². The molecule has 1 saturated heterocycles. The van der Waals surface area contributed by atoms with Gasteiger partial charge >= 0.3 is 6.09 Å². The predicted octanol–water partition coefficient (Wildman–Crippen LogP) is 4.73. The number of hydrogen-bond acceptors (Lipinski definition) is 5. The maximum Gasteiger partial charge on any atom is 0.411 e. The average Bonchev–Trinajstić information content (AvgIpc) is 2.88. The Hall–Kier alpha value is -3.34. The quantitative estimate of drug-likeness (QED) is 0.406. The Morgan fingerprint density at radius 1 is 0.974 bits per heavy atom. The molecular weight excluding hydrogens is 514 g/mol. The number of ether oxygens (including phenoxy) is 1. The number of nitrogens with one attached hydrogen (secondary N) is 1. The van der Waals surface area contributed by atoms with Crippen LogP contribution in [-0.4, -0.2) is 50.0 Å². The number of rotatable bonds is 9. The zero-order chi connectivity index (χ0) is 27.5. The van der Waals surface area contributed by atoms with Crippen molar-refractivity contribution >= 4 is 16.1 Å². The third-order valence-corrected chi connectivity index (χ3v) is 7.52. The number of halogens is 2. The van der Waals surface area contributed by atoms with Crippen LogP contribution in [0.15, 0.2) is 72.8 Å². The predicted molar refractivity (Wildman–Crippen MR) is 140 cm³/mol. The molecule has 202 valence electrons. The summed E-state index contributed by atoms with van der Waals surface area (Å²) in [5, 5.41) is 10.6. The minimum absolute atomic E-state index is 0.0680. The number of benzene rings is 3. The van der Waals surface area contributed by atoms with E-state index < -0.39 is 33.6 Å². The van der Waals surface area contributed by atoms with Crippen molar-refractivity contribution in [2.45, 2.75) is 37.5 Å². The van der Waals surface area contributed by atoms with Gasteiger partial charge in [-0.1, -0.05) is 48.5 Å². The highest BCUT2D eigenvalue weighted by atomic mass is 32.2. The van der Waals surface area contributed by atoms with Crippen LogP contribution in [0.5, 0.6) is 0 Å². The van der Waals surface area contributed by atoms with Gasteiger partial charge in [0.05, 0.1) is 18.4 Å².